The lowest BCUT2D eigenvalue weighted by Gasteiger charge is -2.15. The topological polar surface area (TPSA) is 92.8 Å². The van der Waals surface area contributed by atoms with E-state index in [0.717, 1.165) is 16.9 Å². The summed E-state index contributed by atoms with van der Waals surface area (Å²) < 4.78 is 1.47. The number of imidazole rings is 1. The number of para-hydroxylation sites is 2. The van der Waals surface area contributed by atoms with Crippen molar-refractivity contribution in [3.05, 3.63) is 41.9 Å². The van der Waals surface area contributed by atoms with Crippen LogP contribution < -0.4 is 5.73 Å². The first kappa shape index (κ1) is 13.2. The van der Waals surface area contributed by atoms with E-state index in [0.29, 0.717) is 17.9 Å². The maximum Gasteiger partial charge on any atom is 0.259 e. The van der Waals surface area contributed by atoms with E-state index in [4.69, 9.17) is 5.73 Å². The Balaban J connectivity index is 1.80. The number of carbonyl (C=O) groups is 1. The minimum Gasteiger partial charge on any atom is -0.383 e. The van der Waals surface area contributed by atoms with Gasteiger partial charge in [0.1, 0.15) is 17.2 Å². The largest absolute Gasteiger partial charge is 0.383 e. The Labute approximate surface area is 121 Å². The number of fused-ring (bicyclic) bond motifs is 1. The number of benzene rings is 1. The number of nitrogens with two attached hydrogens (primary N) is 1. The van der Waals surface area contributed by atoms with Gasteiger partial charge in [0.05, 0.1) is 23.8 Å². The summed E-state index contributed by atoms with van der Waals surface area (Å²) in [5, 5.41) is 3.98. The van der Waals surface area contributed by atoms with Crippen LogP contribution in [0.4, 0.5) is 5.82 Å². The van der Waals surface area contributed by atoms with Gasteiger partial charge in [-0.25, -0.2) is 4.98 Å². The standard InChI is InChI=1S/C14H16N6O/c1-19(14(21)9-7-16-20(2)13(9)15)8-12-17-10-5-3-4-6-11(10)18-12/h3-7H,8,15H2,1-2H3,(H,17,18). The third-order valence-corrected chi connectivity index (χ3v) is 3.39. The molecule has 0 spiro atoms. The van der Waals surface area contributed by atoms with Crippen LogP contribution in [0.2, 0.25) is 0 Å². The first-order valence-electron chi connectivity index (χ1n) is 6.53. The molecule has 0 saturated heterocycles. The number of rotatable bonds is 3. The van der Waals surface area contributed by atoms with Crippen LogP contribution in [0.25, 0.3) is 11.0 Å². The average molecular weight is 284 g/mol. The van der Waals surface area contributed by atoms with Crippen LogP contribution in [0.15, 0.2) is 30.5 Å². The van der Waals surface area contributed by atoms with Gasteiger partial charge in [0.2, 0.25) is 0 Å². The molecule has 3 rings (SSSR count). The highest BCUT2D eigenvalue weighted by Crippen LogP contribution is 2.15. The summed E-state index contributed by atoms with van der Waals surface area (Å²) >= 11 is 0. The SMILES string of the molecule is CN(Cc1nc2ccccc2[nH]1)C(=O)c1cnn(C)c1N. The number of aromatic amines is 1. The van der Waals surface area contributed by atoms with Gasteiger partial charge < -0.3 is 15.6 Å². The number of aryl methyl sites for hydroxylation is 1. The monoisotopic (exact) mass is 284 g/mol. The Hall–Kier alpha value is -2.83. The van der Waals surface area contributed by atoms with Crippen LogP contribution in [0, 0.1) is 0 Å². The lowest BCUT2D eigenvalue weighted by atomic mass is 10.3. The number of amides is 1. The third-order valence-electron chi connectivity index (χ3n) is 3.39. The van der Waals surface area contributed by atoms with Gasteiger partial charge in [-0.2, -0.15) is 5.10 Å². The second-order valence-electron chi connectivity index (χ2n) is 4.93. The predicted molar refractivity (Wildman–Crippen MR) is 79.5 cm³/mol. The summed E-state index contributed by atoms with van der Waals surface area (Å²) in [6.07, 6.45) is 1.48. The number of anilines is 1. The van der Waals surface area contributed by atoms with Crippen LogP contribution in [-0.2, 0) is 13.6 Å². The molecule has 108 valence electrons. The number of carbonyl (C=O) groups excluding carboxylic acids is 1. The molecule has 1 aromatic carbocycles. The molecular weight excluding hydrogens is 268 g/mol. The first-order valence-corrected chi connectivity index (χ1v) is 6.53. The number of hydrogen-bond donors (Lipinski definition) is 2. The molecule has 3 aromatic rings. The Bertz CT molecular complexity index is 770. The number of hydrogen-bond acceptors (Lipinski definition) is 4. The highest BCUT2D eigenvalue weighted by atomic mass is 16.2. The zero-order valence-corrected chi connectivity index (χ0v) is 11.9. The number of nitrogens with zero attached hydrogens (tertiary/aromatic N) is 4. The van der Waals surface area contributed by atoms with Crippen LogP contribution in [0.1, 0.15) is 16.2 Å². The van der Waals surface area contributed by atoms with Crippen molar-refractivity contribution < 1.29 is 4.79 Å². The normalized spacial score (nSPS) is 11.0. The molecule has 1 amide bonds. The first-order chi connectivity index (χ1) is 10.1. The fourth-order valence-electron chi connectivity index (χ4n) is 2.19. The van der Waals surface area contributed by atoms with Crippen LogP contribution >= 0.6 is 0 Å². The van der Waals surface area contributed by atoms with Crippen molar-refractivity contribution in [2.75, 3.05) is 12.8 Å². The molecule has 2 heterocycles. The van der Waals surface area contributed by atoms with Gasteiger partial charge in [-0.15, -0.1) is 0 Å². The summed E-state index contributed by atoms with van der Waals surface area (Å²) in [7, 11) is 3.41. The smallest absolute Gasteiger partial charge is 0.259 e. The molecule has 0 radical (unpaired) electrons. The van der Waals surface area contributed by atoms with Crippen molar-refractivity contribution in [3.63, 3.8) is 0 Å². The van der Waals surface area contributed by atoms with Crippen LogP contribution in [0.3, 0.4) is 0 Å². The third kappa shape index (κ3) is 2.33. The van der Waals surface area contributed by atoms with Gasteiger partial charge >= 0.3 is 0 Å². The fourth-order valence-corrected chi connectivity index (χ4v) is 2.19. The van der Waals surface area contributed by atoms with Crippen LogP contribution in [0.5, 0.6) is 0 Å². The summed E-state index contributed by atoms with van der Waals surface area (Å²) in [6, 6.07) is 7.75. The molecular formula is C14H16N6O. The van der Waals surface area contributed by atoms with Gasteiger partial charge in [-0.1, -0.05) is 12.1 Å². The molecule has 21 heavy (non-hydrogen) atoms. The molecule has 0 bridgehead atoms. The van der Waals surface area contributed by atoms with Gasteiger partial charge in [-0.3, -0.25) is 9.48 Å². The number of H-pyrrole nitrogens is 1. The van der Waals surface area contributed by atoms with Gasteiger partial charge in [0, 0.05) is 14.1 Å². The molecule has 0 saturated carbocycles. The zero-order chi connectivity index (χ0) is 15.0. The van der Waals surface area contributed by atoms with Crippen molar-refractivity contribution in [2.45, 2.75) is 6.54 Å². The van der Waals surface area contributed by atoms with Crippen molar-refractivity contribution in [1.29, 1.82) is 0 Å². The Morgan fingerprint density at radius 1 is 1.43 bits per heavy atom. The van der Waals surface area contributed by atoms with E-state index in [9.17, 15) is 4.79 Å². The van der Waals surface area contributed by atoms with E-state index in [1.165, 1.54) is 10.9 Å². The minimum atomic E-state index is -0.180. The van der Waals surface area contributed by atoms with Crippen molar-refractivity contribution in [1.82, 2.24) is 24.6 Å². The second kappa shape index (κ2) is 4.93. The minimum absolute atomic E-state index is 0.180. The summed E-state index contributed by atoms with van der Waals surface area (Å²) in [5.41, 5.74) is 8.06. The maximum absolute atomic E-state index is 12.3. The van der Waals surface area contributed by atoms with Gasteiger partial charge in [0.25, 0.3) is 5.91 Å². The fraction of sp³-hybridized carbons (Fsp3) is 0.214. The zero-order valence-electron chi connectivity index (χ0n) is 11.9. The predicted octanol–water partition coefficient (Wildman–Crippen LogP) is 1.15. The Morgan fingerprint density at radius 2 is 2.19 bits per heavy atom. The average Bonchev–Trinajstić information content (AvgIpc) is 3.02. The van der Waals surface area contributed by atoms with E-state index in [2.05, 4.69) is 15.1 Å². The molecule has 7 nitrogen and oxygen atoms in total. The Kier molecular flexibility index (Phi) is 3.09. The summed E-state index contributed by atoms with van der Waals surface area (Å²) in [6.45, 7) is 0.377. The van der Waals surface area contributed by atoms with E-state index < -0.39 is 0 Å². The molecule has 3 N–H and O–H groups in total. The molecule has 0 atom stereocenters. The summed E-state index contributed by atoms with van der Waals surface area (Å²) in [5.74, 6) is 0.909. The van der Waals surface area contributed by atoms with Gasteiger partial charge in [0.15, 0.2) is 0 Å². The van der Waals surface area contributed by atoms with Crippen molar-refractivity contribution in [3.8, 4) is 0 Å². The number of nitrogens with one attached hydrogen (secondary N) is 1. The lowest BCUT2D eigenvalue weighted by Crippen LogP contribution is -2.27. The van der Waals surface area contributed by atoms with Crippen LogP contribution in [-0.4, -0.2) is 37.6 Å². The number of aromatic nitrogens is 4. The second-order valence-corrected chi connectivity index (χ2v) is 4.93. The van der Waals surface area contributed by atoms with E-state index in [-0.39, 0.29) is 5.91 Å². The molecule has 0 aliphatic carbocycles. The van der Waals surface area contributed by atoms with E-state index in [1.54, 1.807) is 19.0 Å². The molecule has 7 heteroatoms. The lowest BCUT2D eigenvalue weighted by molar-refractivity contribution is 0.0783. The molecule has 0 unspecified atom stereocenters. The molecule has 2 aromatic heterocycles. The van der Waals surface area contributed by atoms with E-state index in [1.807, 2.05) is 24.3 Å². The highest BCUT2D eigenvalue weighted by Gasteiger charge is 2.18. The maximum atomic E-state index is 12.3. The highest BCUT2D eigenvalue weighted by molar-refractivity contribution is 5.98. The van der Waals surface area contributed by atoms with Crippen molar-refractivity contribution in [2.24, 2.45) is 7.05 Å². The molecule has 0 fully saturated rings. The van der Waals surface area contributed by atoms with E-state index >= 15 is 0 Å². The van der Waals surface area contributed by atoms with Crippen molar-refractivity contribution >= 4 is 22.8 Å². The van der Waals surface area contributed by atoms with Gasteiger partial charge in [-0.05, 0) is 12.1 Å². The number of nitrogen functional groups attached to an aromatic ring is 1. The molecule has 0 aliphatic rings. The quantitative estimate of drug-likeness (QED) is 0.754. The molecule has 0 aliphatic heterocycles. The Morgan fingerprint density at radius 3 is 2.86 bits per heavy atom. The summed E-state index contributed by atoms with van der Waals surface area (Å²) in [4.78, 5) is 21.6.